The van der Waals surface area contributed by atoms with Gasteiger partial charge in [0.2, 0.25) is 5.91 Å². The molecule has 1 saturated heterocycles. The normalized spacial score (nSPS) is 17.9. The Morgan fingerprint density at radius 2 is 2.00 bits per heavy atom. The van der Waals surface area contributed by atoms with Gasteiger partial charge in [-0.25, -0.2) is 9.97 Å². The maximum absolute atomic E-state index is 12.2. The molecule has 2 fully saturated rings. The van der Waals surface area contributed by atoms with Gasteiger partial charge in [0, 0.05) is 54.8 Å². The van der Waals surface area contributed by atoms with Crippen molar-refractivity contribution in [3.05, 3.63) is 53.9 Å². The van der Waals surface area contributed by atoms with Gasteiger partial charge in [-0.05, 0) is 50.2 Å². The Morgan fingerprint density at radius 1 is 1.17 bits per heavy atom. The molecule has 3 aromatic rings. The smallest absolute Gasteiger partial charge is 0.228 e. The maximum atomic E-state index is 12.2. The zero-order valence-corrected chi connectivity index (χ0v) is 20.0. The molecule has 2 aliphatic rings. The molecule has 1 aromatic carbocycles. The first kappa shape index (κ1) is 23.1. The Hall–Kier alpha value is -3.67. The van der Waals surface area contributed by atoms with E-state index in [0.717, 1.165) is 60.2 Å². The predicted molar refractivity (Wildman–Crippen MR) is 136 cm³/mol. The molecule has 2 aromatic heterocycles. The fraction of sp³-hybridized carbons (Fsp3) is 0.370. The van der Waals surface area contributed by atoms with Gasteiger partial charge in [-0.1, -0.05) is 11.8 Å². The minimum Gasteiger partial charge on any atom is -0.491 e. The molecule has 0 unspecified atom stereocenters. The van der Waals surface area contributed by atoms with Crippen LogP contribution in [0.15, 0.2) is 42.7 Å². The summed E-state index contributed by atoms with van der Waals surface area (Å²) in [5, 5.41) is 7.74. The van der Waals surface area contributed by atoms with Crippen LogP contribution in [0.3, 0.4) is 0 Å². The highest BCUT2D eigenvalue weighted by Gasteiger charge is 2.29. The number of carbonyl (C=O) groups is 1. The number of nitrogens with one attached hydrogen (secondary N) is 2. The number of rotatable bonds is 6. The second-order valence-electron chi connectivity index (χ2n) is 8.99. The lowest BCUT2D eigenvalue weighted by atomic mass is 10.1. The van der Waals surface area contributed by atoms with Gasteiger partial charge >= 0.3 is 0 Å². The molecule has 8 heteroatoms. The number of likely N-dealkylation sites (N-methyl/N-ethyl adjacent to an activating group) is 1. The molecular formula is C27H29N5O3. The van der Waals surface area contributed by atoms with E-state index < -0.39 is 0 Å². The van der Waals surface area contributed by atoms with Crippen LogP contribution >= 0.6 is 0 Å². The van der Waals surface area contributed by atoms with Crippen LogP contribution < -0.4 is 15.4 Å². The fourth-order valence-electron chi connectivity index (χ4n) is 4.01. The summed E-state index contributed by atoms with van der Waals surface area (Å²) >= 11 is 0. The molecule has 180 valence electrons. The molecule has 0 bridgehead atoms. The average Bonchev–Trinajstić information content (AvgIpc) is 3.72. The summed E-state index contributed by atoms with van der Waals surface area (Å²) in [5.74, 6) is 8.62. The third-order valence-electron chi connectivity index (χ3n) is 6.18. The lowest BCUT2D eigenvalue weighted by Crippen LogP contribution is -2.42. The summed E-state index contributed by atoms with van der Waals surface area (Å²) in [5.41, 5.74) is 1.63. The summed E-state index contributed by atoms with van der Waals surface area (Å²) in [6.45, 7) is 3.10. The Balaban J connectivity index is 1.32. The summed E-state index contributed by atoms with van der Waals surface area (Å²) in [4.78, 5) is 23.3. The number of fused-ring (bicyclic) bond motifs is 1. The number of pyridine rings is 2. The van der Waals surface area contributed by atoms with Gasteiger partial charge in [0.05, 0.1) is 12.2 Å². The third-order valence-corrected chi connectivity index (χ3v) is 6.18. The van der Waals surface area contributed by atoms with Crippen molar-refractivity contribution in [1.29, 1.82) is 0 Å². The highest BCUT2D eigenvalue weighted by molar-refractivity contribution is 5.99. The van der Waals surface area contributed by atoms with Crippen LogP contribution in [0.1, 0.15) is 24.0 Å². The van der Waals surface area contributed by atoms with E-state index in [1.807, 2.05) is 37.4 Å². The van der Waals surface area contributed by atoms with Crippen LogP contribution in [0.2, 0.25) is 0 Å². The van der Waals surface area contributed by atoms with Gasteiger partial charge in [0.1, 0.15) is 30.1 Å². The second kappa shape index (κ2) is 10.3. The van der Waals surface area contributed by atoms with Crippen molar-refractivity contribution in [2.45, 2.75) is 18.9 Å². The average molecular weight is 472 g/mol. The molecule has 1 aliphatic carbocycles. The molecule has 35 heavy (non-hydrogen) atoms. The van der Waals surface area contributed by atoms with E-state index in [4.69, 9.17) is 9.47 Å². The Bertz CT molecular complexity index is 1280. The number of carbonyl (C=O) groups excluding carboxylic acids is 1. The SMILES string of the molecule is CNc1ncc(C#Cc2ccc(OC[C@H]3CN(C)CCO3)cc2)c2cc(NC(=O)C3CC3)ncc12. The minimum absolute atomic E-state index is 0.0248. The van der Waals surface area contributed by atoms with E-state index in [1.54, 1.807) is 12.4 Å². The minimum atomic E-state index is 0.0248. The van der Waals surface area contributed by atoms with Crippen LogP contribution in [0.5, 0.6) is 5.75 Å². The number of hydrogen-bond donors (Lipinski definition) is 2. The predicted octanol–water partition coefficient (Wildman–Crippen LogP) is 3.13. The molecule has 2 N–H and O–H groups in total. The van der Waals surface area contributed by atoms with E-state index in [2.05, 4.69) is 44.4 Å². The van der Waals surface area contributed by atoms with Crippen molar-refractivity contribution >= 4 is 28.3 Å². The maximum Gasteiger partial charge on any atom is 0.228 e. The van der Waals surface area contributed by atoms with E-state index >= 15 is 0 Å². The van der Waals surface area contributed by atoms with E-state index in [9.17, 15) is 4.79 Å². The third kappa shape index (κ3) is 5.70. The number of benzene rings is 1. The van der Waals surface area contributed by atoms with Gasteiger partial charge in [-0.3, -0.25) is 4.79 Å². The lowest BCUT2D eigenvalue weighted by Gasteiger charge is -2.29. The topological polar surface area (TPSA) is 88.6 Å². The van der Waals surface area contributed by atoms with Gasteiger partial charge in [0.25, 0.3) is 0 Å². The van der Waals surface area contributed by atoms with Gasteiger partial charge in [-0.2, -0.15) is 0 Å². The first-order chi connectivity index (χ1) is 17.1. The Labute approximate surface area is 205 Å². The number of aromatic nitrogens is 2. The van der Waals surface area contributed by atoms with Crippen molar-refractivity contribution in [2.24, 2.45) is 5.92 Å². The number of morpholine rings is 1. The number of hydrogen-bond acceptors (Lipinski definition) is 7. The number of anilines is 2. The standard InChI is InChI=1S/C27H29N5O3/c1-28-26-24-15-29-25(31-27(33)19-7-8-19)13-23(24)20(14-30-26)6-3-18-4-9-21(10-5-18)35-17-22-16-32(2)11-12-34-22/h4-5,9-10,13-15,19,22H,7-8,11-12,16-17H2,1-2H3,(H,28,30)(H,29,31,33)/t22-/m1/s1. The molecule has 5 rings (SSSR count). The van der Waals surface area contributed by atoms with Crippen molar-refractivity contribution in [1.82, 2.24) is 14.9 Å². The van der Waals surface area contributed by atoms with Crippen molar-refractivity contribution in [3.8, 4) is 17.6 Å². The van der Waals surface area contributed by atoms with Crippen molar-refractivity contribution < 1.29 is 14.3 Å². The van der Waals surface area contributed by atoms with E-state index in [1.165, 1.54) is 0 Å². The van der Waals surface area contributed by atoms with E-state index in [0.29, 0.717) is 18.2 Å². The van der Waals surface area contributed by atoms with Gasteiger partial charge in [0.15, 0.2) is 0 Å². The molecule has 1 atom stereocenters. The number of amides is 1. The molecular weight excluding hydrogens is 442 g/mol. The summed E-state index contributed by atoms with van der Waals surface area (Å²) < 4.78 is 11.7. The highest BCUT2D eigenvalue weighted by Crippen LogP contribution is 2.31. The Morgan fingerprint density at radius 3 is 2.74 bits per heavy atom. The molecule has 0 spiro atoms. The van der Waals surface area contributed by atoms with Crippen LogP contribution in [-0.2, 0) is 9.53 Å². The van der Waals surface area contributed by atoms with Crippen LogP contribution in [0.25, 0.3) is 10.8 Å². The first-order valence-electron chi connectivity index (χ1n) is 11.9. The van der Waals surface area contributed by atoms with Gasteiger partial charge < -0.3 is 25.0 Å². The van der Waals surface area contributed by atoms with Crippen molar-refractivity contribution in [3.63, 3.8) is 0 Å². The molecule has 1 aliphatic heterocycles. The zero-order valence-electron chi connectivity index (χ0n) is 20.0. The van der Waals surface area contributed by atoms with Crippen LogP contribution in [0, 0.1) is 17.8 Å². The quantitative estimate of drug-likeness (QED) is 0.534. The van der Waals surface area contributed by atoms with E-state index in [-0.39, 0.29) is 17.9 Å². The number of nitrogens with zero attached hydrogens (tertiary/aromatic N) is 3. The molecule has 8 nitrogen and oxygen atoms in total. The highest BCUT2D eigenvalue weighted by atomic mass is 16.5. The Kier molecular flexibility index (Phi) is 6.80. The summed E-state index contributed by atoms with van der Waals surface area (Å²) in [7, 11) is 3.91. The molecule has 1 saturated carbocycles. The molecule has 0 radical (unpaired) electrons. The van der Waals surface area contributed by atoms with Gasteiger partial charge in [-0.15, -0.1) is 0 Å². The summed E-state index contributed by atoms with van der Waals surface area (Å²) in [6.07, 6.45) is 5.44. The fourth-order valence-corrected chi connectivity index (χ4v) is 4.01. The first-order valence-corrected chi connectivity index (χ1v) is 11.9. The zero-order chi connectivity index (χ0) is 24.2. The molecule has 1 amide bonds. The largest absolute Gasteiger partial charge is 0.491 e. The summed E-state index contributed by atoms with van der Waals surface area (Å²) in [6, 6.07) is 9.59. The van der Waals surface area contributed by atoms with Crippen LogP contribution in [-0.4, -0.2) is 67.3 Å². The van der Waals surface area contributed by atoms with Crippen LogP contribution in [0.4, 0.5) is 11.6 Å². The lowest BCUT2D eigenvalue weighted by molar-refractivity contribution is -0.117. The van der Waals surface area contributed by atoms with Crippen molar-refractivity contribution in [2.75, 3.05) is 51.0 Å². The number of ether oxygens (including phenoxy) is 2. The molecule has 3 heterocycles. The monoisotopic (exact) mass is 471 g/mol. The second-order valence-corrected chi connectivity index (χ2v) is 8.99.